The summed E-state index contributed by atoms with van der Waals surface area (Å²) in [4.78, 5) is 16.1. The molecule has 0 radical (unpaired) electrons. The van der Waals surface area contributed by atoms with Crippen molar-refractivity contribution in [3.63, 3.8) is 0 Å². The maximum Gasteiger partial charge on any atom is 0.255 e. The zero-order valence-corrected chi connectivity index (χ0v) is 9.88. The van der Waals surface area contributed by atoms with E-state index in [0.29, 0.717) is 11.3 Å². The third-order valence-corrected chi connectivity index (χ3v) is 2.75. The molecule has 0 unspecified atom stereocenters. The third-order valence-electron chi connectivity index (χ3n) is 2.75. The first kappa shape index (κ1) is 11.4. The van der Waals surface area contributed by atoms with E-state index in [1.807, 2.05) is 0 Å². The summed E-state index contributed by atoms with van der Waals surface area (Å²) >= 11 is 0. The Morgan fingerprint density at radius 3 is 2.74 bits per heavy atom. The van der Waals surface area contributed by atoms with Gasteiger partial charge in [0.2, 0.25) is 0 Å². The Labute approximate surface area is 108 Å². The minimum atomic E-state index is -0.364. The number of hydrogen-bond acceptors (Lipinski definition) is 2. The molecule has 3 aromatic rings. The molecule has 0 atom stereocenters. The predicted molar refractivity (Wildman–Crippen MR) is 69.5 cm³/mol. The Balaban J connectivity index is 1.83. The van der Waals surface area contributed by atoms with Crippen LogP contribution in [0.3, 0.4) is 0 Å². The summed E-state index contributed by atoms with van der Waals surface area (Å²) in [5, 5.41) is 2.75. The van der Waals surface area contributed by atoms with E-state index in [0.717, 1.165) is 5.65 Å². The number of nitrogens with one attached hydrogen (secondary N) is 1. The lowest BCUT2D eigenvalue weighted by molar-refractivity contribution is 0.102. The molecule has 1 N–H and O–H groups in total. The number of imidazole rings is 1. The highest BCUT2D eigenvalue weighted by Crippen LogP contribution is 2.12. The van der Waals surface area contributed by atoms with Crippen molar-refractivity contribution in [2.75, 3.05) is 5.32 Å². The van der Waals surface area contributed by atoms with E-state index in [1.54, 1.807) is 35.1 Å². The van der Waals surface area contributed by atoms with E-state index in [-0.39, 0.29) is 11.7 Å². The van der Waals surface area contributed by atoms with Crippen molar-refractivity contribution < 1.29 is 9.18 Å². The minimum Gasteiger partial charge on any atom is -0.321 e. The van der Waals surface area contributed by atoms with Gasteiger partial charge in [0, 0.05) is 24.2 Å². The Morgan fingerprint density at radius 1 is 1.16 bits per heavy atom. The van der Waals surface area contributed by atoms with Gasteiger partial charge in [-0.1, -0.05) is 0 Å². The summed E-state index contributed by atoms with van der Waals surface area (Å²) in [6, 6.07) is 8.98. The highest BCUT2D eigenvalue weighted by molar-refractivity contribution is 6.04. The van der Waals surface area contributed by atoms with Crippen LogP contribution in [-0.2, 0) is 0 Å². The molecule has 0 aliphatic rings. The van der Waals surface area contributed by atoms with E-state index >= 15 is 0 Å². The van der Waals surface area contributed by atoms with E-state index in [4.69, 9.17) is 0 Å². The van der Waals surface area contributed by atoms with Crippen LogP contribution in [0.2, 0.25) is 0 Å². The third kappa shape index (κ3) is 2.30. The summed E-state index contributed by atoms with van der Waals surface area (Å²) in [7, 11) is 0. The predicted octanol–water partition coefficient (Wildman–Crippen LogP) is 2.73. The summed E-state index contributed by atoms with van der Waals surface area (Å²) in [5.41, 5.74) is 1.87. The van der Waals surface area contributed by atoms with E-state index in [1.165, 1.54) is 24.3 Å². The lowest BCUT2D eigenvalue weighted by Gasteiger charge is -2.05. The molecule has 0 spiro atoms. The van der Waals surface area contributed by atoms with Crippen molar-refractivity contribution in [2.24, 2.45) is 0 Å². The molecule has 2 heterocycles. The standard InChI is InChI=1S/C14H10FN3O/c15-11-3-1-10(2-4-11)14(19)17-12-5-6-13-16-7-8-18(13)9-12/h1-9H,(H,17,19). The average molecular weight is 255 g/mol. The number of fused-ring (bicyclic) bond motifs is 1. The molecule has 5 heteroatoms. The van der Waals surface area contributed by atoms with Gasteiger partial charge in [-0.25, -0.2) is 9.37 Å². The molecular weight excluding hydrogens is 245 g/mol. The van der Waals surface area contributed by atoms with Gasteiger partial charge in [0.05, 0.1) is 5.69 Å². The molecule has 0 bridgehead atoms. The quantitative estimate of drug-likeness (QED) is 0.765. The molecular formula is C14H10FN3O. The smallest absolute Gasteiger partial charge is 0.255 e. The molecule has 3 rings (SSSR count). The van der Waals surface area contributed by atoms with Gasteiger partial charge in [0.1, 0.15) is 11.5 Å². The normalized spacial score (nSPS) is 10.6. The molecule has 0 aliphatic carbocycles. The first-order chi connectivity index (χ1) is 9.22. The van der Waals surface area contributed by atoms with Gasteiger partial charge in [0.25, 0.3) is 5.91 Å². The van der Waals surface area contributed by atoms with Crippen LogP contribution in [0.1, 0.15) is 10.4 Å². The van der Waals surface area contributed by atoms with Crippen molar-refractivity contribution in [2.45, 2.75) is 0 Å². The minimum absolute atomic E-state index is 0.278. The molecule has 0 saturated carbocycles. The Bertz CT molecular complexity index is 734. The number of benzene rings is 1. The SMILES string of the molecule is O=C(Nc1ccc2nccn2c1)c1ccc(F)cc1. The zero-order valence-electron chi connectivity index (χ0n) is 9.88. The van der Waals surface area contributed by atoms with E-state index < -0.39 is 0 Å². The van der Waals surface area contributed by atoms with Gasteiger partial charge in [-0.15, -0.1) is 0 Å². The van der Waals surface area contributed by atoms with E-state index in [9.17, 15) is 9.18 Å². The van der Waals surface area contributed by atoms with Gasteiger partial charge < -0.3 is 9.72 Å². The second-order valence-corrected chi connectivity index (χ2v) is 4.07. The summed E-state index contributed by atoms with van der Waals surface area (Å²) in [6.45, 7) is 0. The van der Waals surface area contributed by atoms with Crippen LogP contribution in [0.4, 0.5) is 10.1 Å². The monoisotopic (exact) mass is 255 g/mol. The number of aromatic nitrogens is 2. The maximum absolute atomic E-state index is 12.8. The first-order valence-corrected chi connectivity index (χ1v) is 5.72. The number of carbonyl (C=O) groups is 1. The number of amides is 1. The second kappa shape index (κ2) is 4.53. The zero-order chi connectivity index (χ0) is 13.2. The van der Waals surface area contributed by atoms with Gasteiger partial charge in [0.15, 0.2) is 0 Å². The second-order valence-electron chi connectivity index (χ2n) is 4.07. The molecule has 0 aliphatic heterocycles. The highest BCUT2D eigenvalue weighted by Gasteiger charge is 2.06. The number of anilines is 1. The molecule has 0 saturated heterocycles. The molecule has 4 nitrogen and oxygen atoms in total. The lowest BCUT2D eigenvalue weighted by Crippen LogP contribution is -2.12. The lowest BCUT2D eigenvalue weighted by atomic mass is 10.2. The number of carbonyl (C=O) groups excluding carboxylic acids is 1. The summed E-state index contributed by atoms with van der Waals surface area (Å²) in [5.74, 6) is -0.643. The van der Waals surface area contributed by atoms with Crippen LogP contribution in [-0.4, -0.2) is 15.3 Å². The van der Waals surface area contributed by atoms with Gasteiger partial charge in [-0.3, -0.25) is 4.79 Å². The van der Waals surface area contributed by atoms with Crippen LogP contribution in [0.15, 0.2) is 55.0 Å². The molecule has 19 heavy (non-hydrogen) atoms. The molecule has 1 amide bonds. The Kier molecular flexibility index (Phi) is 2.72. The van der Waals surface area contributed by atoms with Gasteiger partial charge >= 0.3 is 0 Å². The van der Waals surface area contributed by atoms with Crippen molar-refractivity contribution >= 4 is 17.2 Å². The number of rotatable bonds is 2. The molecule has 2 aromatic heterocycles. The fourth-order valence-corrected chi connectivity index (χ4v) is 1.80. The number of hydrogen-bond donors (Lipinski definition) is 1. The van der Waals surface area contributed by atoms with Crippen molar-refractivity contribution in [1.82, 2.24) is 9.38 Å². The van der Waals surface area contributed by atoms with Crippen LogP contribution in [0.5, 0.6) is 0 Å². The van der Waals surface area contributed by atoms with Crippen LogP contribution < -0.4 is 5.32 Å². The fourth-order valence-electron chi connectivity index (χ4n) is 1.80. The highest BCUT2D eigenvalue weighted by atomic mass is 19.1. The molecule has 1 aromatic carbocycles. The first-order valence-electron chi connectivity index (χ1n) is 5.72. The largest absolute Gasteiger partial charge is 0.321 e. The van der Waals surface area contributed by atoms with Crippen LogP contribution >= 0.6 is 0 Å². The van der Waals surface area contributed by atoms with Crippen molar-refractivity contribution in [3.8, 4) is 0 Å². The van der Waals surface area contributed by atoms with Gasteiger partial charge in [-0.2, -0.15) is 0 Å². The van der Waals surface area contributed by atoms with E-state index in [2.05, 4.69) is 10.3 Å². The number of halogens is 1. The van der Waals surface area contributed by atoms with Gasteiger partial charge in [-0.05, 0) is 36.4 Å². The Morgan fingerprint density at radius 2 is 1.95 bits per heavy atom. The number of pyridine rings is 1. The molecule has 0 fully saturated rings. The van der Waals surface area contributed by atoms with Crippen LogP contribution in [0, 0.1) is 5.82 Å². The summed E-state index contributed by atoms with van der Waals surface area (Å²) < 4.78 is 14.6. The maximum atomic E-state index is 12.8. The molecule has 94 valence electrons. The fraction of sp³-hybridized carbons (Fsp3) is 0. The van der Waals surface area contributed by atoms with Crippen LogP contribution in [0.25, 0.3) is 5.65 Å². The Hall–Kier alpha value is -2.69. The van der Waals surface area contributed by atoms with Crippen molar-refractivity contribution in [3.05, 3.63) is 66.4 Å². The average Bonchev–Trinajstić information content (AvgIpc) is 2.87. The van der Waals surface area contributed by atoms with Crippen molar-refractivity contribution in [1.29, 1.82) is 0 Å². The number of nitrogens with zero attached hydrogens (tertiary/aromatic N) is 2. The topological polar surface area (TPSA) is 46.4 Å². The summed E-state index contributed by atoms with van der Waals surface area (Å²) in [6.07, 6.45) is 5.24.